The minimum absolute atomic E-state index is 0.0467. The van der Waals surface area contributed by atoms with Gasteiger partial charge in [0.05, 0.1) is 5.52 Å². The van der Waals surface area contributed by atoms with E-state index in [0.29, 0.717) is 5.56 Å². The first-order valence-corrected chi connectivity index (χ1v) is 7.43. The molecule has 0 saturated heterocycles. The molecule has 1 aromatic heterocycles. The Kier molecular flexibility index (Phi) is 4.20. The highest BCUT2D eigenvalue weighted by molar-refractivity contribution is 9.09. The zero-order chi connectivity index (χ0) is 13.9. The van der Waals surface area contributed by atoms with Crippen molar-refractivity contribution in [2.75, 3.05) is 5.33 Å². The van der Waals surface area contributed by atoms with Crippen LogP contribution in [-0.2, 0) is 0 Å². The first-order valence-electron chi connectivity index (χ1n) is 6.31. The van der Waals surface area contributed by atoms with Gasteiger partial charge in [-0.3, -0.25) is 9.78 Å². The van der Waals surface area contributed by atoms with Crippen molar-refractivity contribution in [1.29, 1.82) is 0 Å². The van der Waals surface area contributed by atoms with Crippen molar-refractivity contribution in [1.82, 2.24) is 10.3 Å². The monoisotopic (exact) mass is 320 g/mol. The van der Waals surface area contributed by atoms with Crippen LogP contribution in [0, 0.1) is 0 Å². The molecular formula is C15H17BrN2O. The molecule has 1 atom stereocenters. The number of nitrogens with one attached hydrogen (secondary N) is 1. The van der Waals surface area contributed by atoms with Crippen LogP contribution in [0.15, 0.2) is 36.5 Å². The van der Waals surface area contributed by atoms with E-state index in [1.54, 1.807) is 6.20 Å². The summed E-state index contributed by atoms with van der Waals surface area (Å²) in [5.74, 6) is -0.0467. The fourth-order valence-electron chi connectivity index (χ4n) is 1.78. The smallest absolute Gasteiger partial charge is 0.251 e. The van der Waals surface area contributed by atoms with Crippen LogP contribution >= 0.6 is 15.9 Å². The normalized spacial score (nSPS) is 14.1. The van der Waals surface area contributed by atoms with Crippen LogP contribution in [0.25, 0.3) is 10.9 Å². The maximum Gasteiger partial charge on any atom is 0.251 e. The number of benzene rings is 1. The van der Waals surface area contributed by atoms with Crippen LogP contribution in [0.2, 0.25) is 0 Å². The van der Waals surface area contributed by atoms with Crippen molar-refractivity contribution in [3.63, 3.8) is 0 Å². The molecule has 0 fully saturated rings. The SMILES string of the molecule is CCC(C)(CBr)NC(=O)c1ccc2ncccc2c1. The third-order valence-corrected chi connectivity index (χ3v) is 4.59. The van der Waals surface area contributed by atoms with Crippen molar-refractivity contribution in [3.8, 4) is 0 Å². The van der Waals surface area contributed by atoms with Gasteiger partial charge in [0.1, 0.15) is 0 Å². The Bertz CT molecular complexity index is 593. The number of amides is 1. The maximum atomic E-state index is 12.3. The van der Waals surface area contributed by atoms with Crippen molar-refractivity contribution >= 4 is 32.7 Å². The molecular weight excluding hydrogens is 304 g/mol. The summed E-state index contributed by atoms with van der Waals surface area (Å²) >= 11 is 3.45. The van der Waals surface area contributed by atoms with Gasteiger partial charge in [-0.05, 0) is 37.6 Å². The van der Waals surface area contributed by atoms with Gasteiger partial charge in [0.2, 0.25) is 0 Å². The van der Waals surface area contributed by atoms with Crippen LogP contribution in [0.3, 0.4) is 0 Å². The maximum absolute atomic E-state index is 12.3. The minimum Gasteiger partial charge on any atom is -0.346 e. The van der Waals surface area contributed by atoms with E-state index in [-0.39, 0.29) is 11.4 Å². The second-order valence-corrected chi connectivity index (χ2v) is 5.47. The number of fused-ring (bicyclic) bond motifs is 1. The summed E-state index contributed by atoms with van der Waals surface area (Å²) in [6.45, 7) is 4.09. The lowest BCUT2D eigenvalue weighted by Crippen LogP contribution is -2.46. The average Bonchev–Trinajstić information content (AvgIpc) is 2.46. The number of hydrogen-bond donors (Lipinski definition) is 1. The largest absolute Gasteiger partial charge is 0.346 e. The number of aromatic nitrogens is 1. The molecule has 1 unspecified atom stereocenters. The van der Waals surface area contributed by atoms with Crippen molar-refractivity contribution in [2.24, 2.45) is 0 Å². The zero-order valence-electron chi connectivity index (χ0n) is 11.1. The second-order valence-electron chi connectivity index (χ2n) is 4.91. The number of hydrogen-bond acceptors (Lipinski definition) is 2. The first-order chi connectivity index (χ1) is 9.08. The predicted molar refractivity (Wildman–Crippen MR) is 81.7 cm³/mol. The molecule has 1 aromatic carbocycles. The lowest BCUT2D eigenvalue weighted by molar-refractivity contribution is 0.0913. The van der Waals surface area contributed by atoms with Crippen LogP contribution in [0.4, 0.5) is 0 Å². The Balaban J connectivity index is 2.26. The summed E-state index contributed by atoms with van der Waals surface area (Å²) in [5.41, 5.74) is 1.35. The Morgan fingerprint density at radius 2 is 2.21 bits per heavy atom. The van der Waals surface area contributed by atoms with E-state index in [9.17, 15) is 4.79 Å². The van der Waals surface area contributed by atoms with Gasteiger partial charge in [-0.2, -0.15) is 0 Å². The van der Waals surface area contributed by atoms with Crippen molar-refractivity contribution in [3.05, 3.63) is 42.1 Å². The quantitative estimate of drug-likeness (QED) is 0.876. The molecule has 2 rings (SSSR count). The standard InChI is InChI=1S/C15H17BrN2O/c1-3-15(2,10-16)18-14(19)12-6-7-13-11(9-12)5-4-8-17-13/h4-9H,3,10H2,1-2H3,(H,18,19). The molecule has 19 heavy (non-hydrogen) atoms. The van der Waals surface area contributed by atoms with Gasteiger partial charge in [-0.15, -0.1) is 0 Å². The van der Waals surface area contributed by atoms with Crippen LogP contribution in [0.1, 0.15) is 30.6 Å². The van der Waals surface area contributed by atoms with Crippen LogP contribution in [0.5, 0.6) is 0 Å². The Morgan fingerprint density at radius 3 is 2.89 bits per heavy atom. The Morgan fingerprint density at radius 1 is 1.42 bits per heavy atom. The molecule has 3 nitrogen and oxygen atoms in total. The average molecular weight is 321 g/mol. The fraction of sp³-hybridized carbons (Fsp3) is 0.333. The molecule has 0 aliphatic rings. The van der Waals surface area contributed by atoms with E-state index in [4.69, 9.17) is 0 Å². The van der Waals surface area contributed by atoms with Gasteiger partial charge < -0.3 is 5.32 Å². The number of alkyl halides is 1. The third-order valence-electron chi connectivity index (χ3n) is 3.36. The molecule has 2 aromatic rings. The summed E-state index contributed by atoms with van der Waals surface area (Å²) in [5, 5.41) is 4.78. The molecule has 0 spiro atoms. The molecule has 0 radical (unpaired) electrons. The lowest BCUT2D eigenvalue weighted by Gasteiger charge is -2.27. The van der Waals surface area contributed by atoms with Gasteiger partial charge in [0, 0.05) is 28.0 Å². The zero-order valence-corrected chi connectivity index (χ0v) is 12.7. The molecule has 0 aliphatic carbocycles. The van der Waals surface area contributed by atoms with Gasteiger partial charge in [-0.25, -0.2) is 0 Å². The van der Waals surface area contributed by atoms with E-state index in [0.717, 1.165) is 22.7 Å². The van der Waals surface area contributed by atoms with Gasteiger partial charge in [0.25, 0.3) is 5.91 Å². The number of pyridine rings is 1. The third kappa shape index (κ3) is 3.13. The van der Waals surface area contributed by atoms with Crippen molar-refractivity contribution in [2.45, 2.75) is 25.8 Å². The Labute approximate surface area is 121 Å². The minimum atomic E-state index is -0.221. The lowest BCUT2D eigenvalue weighted by atomic mass is 10.0. The van der Waals surface area contributed by atoms with Crippen LogP contribution in [-0.4, -0.2) is 21.8 Å². The van der Waals surface area contributed by atoms with Crippen molar-refractivity contribution < 1.29 is 4.79 Å². The highest BCUT2D eigenvalue weighted by atomic mass is 79.9. The van der Waals surface area contributed by atoms with E-state index in [2.05, 4.69) is 33.2 Å². The molecule has 1 N–H and O–H groups in total. The summed E-state index contributed by atoms with van der Waals surface area (Å²) in [7, 11) is 0. The van der Waals surface area contributed by atoms with Gasteiger partial charge in [0.15, 0.2) is 0 Å². The van der Waals surface area contributed by atoms with Crippen LogP contribution < -0.4 is 5.32 Å². The topological polar surface area (TPSA) is 42.0 Å². The Hall–Kier alpha value is -1.42. The van der Waals surface area contributed by atoms with E-state index in [1.165, 1.54) is 0 Å². The summed E-state index contributed by atoms with van der Waals surface area (Å²) < 4.78 is 0. The summed E-state index contributed by atoms with van der Waals surface area (Å²) in [6.07, 6.45) is 2.63. The second kappa shape index (κ2) is 5.70. The number of rotatable bonds is 4. The number of carbonyl (C=O) groups excluding carboxylic acids is 1. The predicted octanol–water partition coefficient (Wildman–Crippen LogP) is 3.53. The van der Waals surface area contributed by atoms with E-state index in [1.807, 2.05) is 37.3 Å². The molecule has 1 heterocycles. The molecule has 0 bridgehead atoms. The fourth-order valence-corrected chi connectivity index (χ4v) is 2.32. The van der Waals surface area contributed by atoms with Gasteiger partial charge >= 0.3 is 0 Å². The summed E-state index contributed by atoms with van der Waals surface area (Å²) in [4.78, 5) is 16.5. The highest BCUT2D eigenvalue weighted by Crippen LogP contribution is 2.16. The highest BCUT2D eigenvalue weighted by Gasteiger charge is 2.23. The molecule has 0 aliphatic heterocycles. The van der Waals surface area contributed by atoms with E-state index >= 15 is 0 Å². The number of halogens is 1. The summed E-state index contributed by atoms with van der Waals surface area (Å²) in [6, 6.07) is 9.40. The number of carbonyl (C=O) groups is 1. The van der Waals surface area contributed by atoms with Gasteiger partial charge in [-0.1, -0.05) is 28.9 Å². The van der Waals surface area contributed by atoms with E-state index < -0.39 is 0 Å². The molecule has 0 saturated carbocycles. The molecule has 4 heteroatoms. The number of nitrogens with zero attached hydrogens (tertiary/aromatic N) is 1. The molecule has 1 amide bonds. The molecule has 100 valence electrons. The first kappa shape index (κ1) is 14.0.